The fraction of sp³-hybridized carbons (Fsp3) is 0.385. The molecule has 2 aromatic heterocycles. The van der Waals surface area contributed by atoms with Crippen LogP contribution in [0.3, 0.4) is 0 Å². The molecule has 2 rings (SSSR count). The summed E-state index contributed by atoms with van der Waals surface area (Å²) >= 11 is 1.64. The maximum atomic E-state index is 5.49. The number of pyridine rings is 1. The molecular weight excluding hydrogens is 246 g/mol. The number of hydrogen-bond donors (Lipinski definition) is 1. The van der Waals surface area contributed by atoms with Gasteiger partial charge in [-0.1, -0.05) is 6.92 Å². The van der Waals surface area contributed by atoms with E-state index in [9.17, 15) is 0 Å². The second-order valence-corrected chi connectivity index (χ2v) is 4.70. The second-order valence-electron chi connectivity index (χ2n) is 3.78. The Hall–Kier alpha value is -1.46. The average molecular weight is 263 g/mol. The Bertz CT molecular complexity index is 473. The summed E-state index contributed by atoms with van der Waals surface area (Å²) in [6.07, 6.45) is 5.50. The van der Waals surface area contributed by atoms with Crippen LogP contribution in [-0.4, -0.2) is 23.1 Å². The van der Waals surface area contributed by atoms with Crippen LogP contribution in [0, 0.1) is 0 Å². The van der Waals surface area contributed by atoms with Crippen molar-refractivity contribution in [3.63, 3.8) is 0 Å². The number of aromatic nitrogens is 2. The zero-order valence-corrected chi connectivity index (χ0v) is 11.4. The van der Waals surface area contributed by atoms with E-state index in [4.69, 9.17) is 4.74 Å². The Morgan fingerprint density at radius 2 is 2.17 bits per heavy atom. The van der Waals surface area contributed by atoms with E-state index >= 15 is 0 Å². The van der Waals surface area contributed by atoms with Gasteiger partial charge in [0.25, 0.3) is 0 Å². The van der Waals surface area contributed by atoms with Crippen LogP contribution in [0.2, 0.25) is 0 Å². The molecule has 0 radical (unpaired) electrons. The van der Waals surface area contributed by atoms with Crippen LogP contribution in [0.5, 0.6) is 5.75 Å². The van der Waals surface area contributed by atoms with Crippen molar-refractivity contribution in [3.8, 4) is 5.75 Å². The molecule has 0 aromatic carbocycles. The van der Waals surface area contributed by atoms with Crippen LogP contribution in [0.4, 0.5) is 0 Å². The van der Waals surface area contributed by atoms with Gasteiger partial charge in [-0.3, -0.25) is 9.97 Å². The first-order valence-electron chi connectivity index (χ1n) is 6.04. The van der Waals surface area contributed by atoms with Gasteiger partial charge in [-0.25, -0.2) is 0 Å². The molecule has 0 bridgehead atoms. The molecule has 4 nitrogen and oxygen atoms in total. The molecule has 96 valence electrons. The van der Waals surface area contributed by atoms with Gasteiger partial charge in [0.15, 0.2) is 0 Å². The highest BCUT2D eigenvalue weighted by Gasteiger charge is 2.15. The molecule has 1 N–H and O–H groups in total. The molecule has 0 saturated heterocycles. The molecule has 0 amide bonds. The molecule has 2 heterocycles. The molecule has 0 aliphatic carbocycles. The van der Waals surface area contributed by atoms with Gasteiger partial charge in [-0.15, -0.1) is 11.3 Å². The van der Waals surface area contributed by atoms with E-state index in [2.05, 4.69) is 22.2 Å². The summed E-state index contributed by atoms with van der Waals surface area (Å²) in [5.74, 6) is 0.808. The van der Waals surface area contributed by atoms with Gasteiger partial charge in [0.1, 0.15) is 5.75 Å². The summed E-state index contributed by atoms with van der Waals surface area (Å²) < 4.78 is 5.49. The van der Waals surface area contributed by atoms with Crippen LogP contribution in [0.1, 0.15) is 30.3 Å². The smallest absolute Gasteiger partial charge is 0.137 e. The fourth-order valence-corrected chi connectivity index (χ4v) is 2.51. The van der Waals surface area contributed by atoms with E-state index < -0.39 is 0 Å². The van der Waals surface area contributed by atoms with E-state index in [1.54, 1.807) is 17.5 Å². The lowest BCUT2D eigenvalue weighted by atomic mass is 10.1. The second kappa shape index (κ2) is 6.47. The van der Waals surface area contributed by atoms with Crippen molar-refractivity contribution in [1.29, 1.82) is 0 Å². The van der Waals surface area contributed by atoms with Gasteiger partial charge in [-0.05, 0) is 25.1 Å². The monoisotopic (exact) mass is 263 g/mol. The first kappa shape index (κ1) is 13.0. The summed E-state index contributed by atoms with van der Waals surface area (Å²) in [5.41, 5.74) is 2.95. The summed E-state index contributed by atoms with van der Waals surface area (Å²) in [7, 11) is 0. The van der Waals surface area contributed by atoms with E-state index in [1.165, 1.54) is 4.88 Å². The topological polar surface area (TPSA) is 47.0 Å². The minimum Gasteiger partial charge on any atom is -0.492 e. The lowest BCUT2D eigenvalue weighted by Crippen LogP contribution is -2.21. The summed E-state index contributed by atoms with van der Waals surface area (Å²) in [6, 6.07) is 2.17. The molecule has 0 aliphatic rings. The maximum Gasteiger partial charge on any atom is 0.137 e. The predicted octanol–water partition coefficient (Wildman–Crippen LogP) is 2.64. The minimum atomic E-state index is 0.135. The van der Waals surface area contributed by atoms with Crippen molar-refractivity contribution in [2.24, 2.45) is 0 Å². The third-order valence-corrected chi connectivity index (χ3v) is 3.36. The Balaban J connectivity index is 2.27. The first-order valence-corrected chi connectivity index (χ1v) is 6.92. The highest BCUT2D eigenvalue weighted by Crippen LogP contribution is 2.26. The summed E-state index contributed by atoms with van der Waals surface area (Å²) in [6.45, 7) is 5.60. The number of thiazole rings is 1. The van der Waals surface area contributed by atoms with Gasteiger partial charge in [0.05, 0.1) is 24.4 Å². The quantitative estimate of drug-likeness (QED) is 0.870. The highest BCUT2D eigenvalue weighted by atomic mass is 32.1. The fourth-order valence-electron chi connectivity index (χ4n) is 1.79. The van der Waals surface area contributed by atoms with Crippen molar-refractivity contribution >= 4 is 11.3 Å². The molecule has 0 saturated carbocycles. The van der Waals surface area contributed by atoms with E-state index in [0.717, 1.165) is 17.9 Å². The number of nitrogens with one attached hydrogen (secondary N) is 1. The van der Waals surface area contributed by atoms with Gasteiger partial charge < -0.3 is 10.1 Å². The van der Waals surface area contributed by atoms with Crippen molar-refractivity contribution < 1.29 is 4.74 Å². The van der Waals surface area contributed by atoms with Gasteiger partial charge in [-0.2, -0.15) is 0 Å². The molecule has 1 atom stereocenters. The Labute approximate surface area is 111 Å². The number of ether oxygens (including phenoxy) is 1. The van der Waals surface area contributed by atoms with Crippen molar-refractivity contribution in [2.45, 2.75) is 19.9 Å². The van der Waals surface area contributed by atoms with Crippen LogP contribution < -0.4 is 10.1 Å². The van der Waals surface area contributed by atoms with Crippen molar-refractivity contribution in [3.05, 3.63) is 40.6 Å². The van der Waals surface area contributed by atoms with Crippen molar-refractivity contribution in [2.75, 3.05) is 13.2 Å². The molecule has 1 unspecified atom stereocenters. The van der Waals surface area contributed by atoms with E-state index in [0.29, 0.717) is 6.61 Å². The average Bonchev–Trinajstić information content (AvgIpc) is 2.90. The normalized spacial score (nSPS) is 12.3. The molecule has 0 spiro atoms. The highest BCUT2D eigenvalue weighted by molar-refractivity contribution is 7.09. The Morgan fingerprint density at radius 3 is 2.83 bits per heavy atom. The zero-order valence-electron chi connectivity index (χ0n) is 10.6. The van der Waals surface area contributed by atoms with E-state index in [-0.39, 0.29) is 6.04 Å². The molecule has 0 aliphatic heterocycles. The van der Waals surface area contributed by atoms with Gasteiger partial charge in [0, 0.05) is 17.3 Å². The summed E-state index contributed by atoms with van der Waals surface area (Å²) in [4.78, 5) is 9.56. The van der Waals surface area contributed by atoms with Gasteiger partial charge >= 0.3 is 0 Å². The lowest BCUT2D eigenvalue weighted by Gasteiger charge is -2.16. The van der Waals surface area contributed by atoms with Crippen LogP contribution in [-0.2, 0) is 0 Å². The maximum absolute atomic E-state index is 5.49. The summed E-state index contributed by atoms with van der Waals surface area (Å²) in [5, 5.41) is 3.45. The number of nitrogens with zero attached hydrogens (tertiary/aromatic N) is 2. The predicted molar refractivity (Wildman–Crippen MR) is 73.0 cm³/mol. The Kier molecular flexibility index (Phi) is 4.66. The Morgan fingerprint density at radius 1 is 1.28 bits per heavy atom. The SMILES string of the molecule is CCNC(c1cncc(OCC)c1)c1cncs1. The molecule has 5 heteroatoms. The standard InChI is InChI=1S/C13H17N3OS/c1-3-16-13(12-8-15-9-18-12)10-5-11(17-4-2)7-14-6-10/h5-9,13,16H,3-4H2,1-2H3. The molecule has 0 fully saturated rings. The van der Waals surface area contributed by atoms with Crippen molar-refractivity contribution in [1.82, 2.24) is 15.3 Å². The van der Waals surface area contributed by atoms with Crippen LogP contribution >= 0.6 is 11.3 Å². The largest absolute Gasteiger partial charge is 0.492 e. The molecule has 18 heavy (non-hydrogen) atoms. The van der Waals surface area contributed by atoms with Crippen LogP contribution in [0.15, 0.2) is 30.2 Å². The molecule has 2 aromatic rings. The third kappa shape index (κ3) is 3.05. The minimum absolute atomic E-state index is 0.135. The van der Waals surface area contributed by atoms with E-state index in [1.807, 2.05) is 30.9 Å². The van der Waals surface area contributed by atoms with Gasteiger partial charge in [0.2, 0.25) is 0 Å². The van der Waals surface area contributed by atoms with Crippen LogP contribution in [0.25, 0.3) is 0 Å². The lowest BCUT2D eigenvalue weighted by molar-refractivity contribution is 0.338. The number of rotatable bonds is 6. The first-order chi connectivity index (χ1) is 8.85. The zero-order chi connectivity index (χ0) is 12.8. The third-order valence-electron chi connectivity index (χ3n) is 2.52. The number of hydrogen-bond acceptors (Lipinski definition) is 5. The molecular formula is C13H17N3OS.